The summed E-state index contributed by atoms with van der Waals surface area (Å²) in [6.45, 7) is 4.02. The van der Waals surface area contributed by atoms with Gasteiger partial charge in [-0.05, 0) is 56.0 Å². The van der Waals surface area contributed by atoms with Gasteiger partial charge in [0.1, 0.15) is 5.82 Å². The molecule has 2 aliphatic rings. The van der Waals surface area contributed by atoms with Crippen molar-refractivity contribution < 1.29 is 9.18 Å². The Morgan fingerprint density at radius 1 is 1.10 bits per heavy atom. The van der Waals surface area contributed by atoms with Crippen LogP contribution in [0.15, 0.2) is 42.7 Å². The Bertz CT molecular complexity index is 818. The van der Waals surface area contributed by atoms with Gasteiger partial charge < -0.3 is 10.2 Å². The zero-order chi connectivity index (χ0) is 20.1. The molecular weight excluding hydrogens is 369 g/mol. The van der Waals surface area contributed by atoms with Crippen LogP contribution < -0.4 is 10.2 Å². The molecule has 0 bridgehead atoms. The van der Waals surface area contributed by atoms with Gasteiger partial charge >= 0.3 is 0 Å². The largest absolute Gasteiger partial charge is 0.351 e. The fourth-order valence-corrected chi connectivity index (χ4v) is 4.36. The summed E-state index contributed by atoms with van der Waals surface area (Å²) in [7, 11) is 0. The monoisotopic (exact) mass is 397 g/mol. The van der Waals surface area contributed by atoms with Gasteiger partial charge in [-0.3, -0.25) is 9.69 Å². The second kappa shape index (κ2) is 9.31. The van der Waals surface area contributed by atoms with Gasteiger partial charge in [0.05, 0.1) is 5.92 Å². The van der Waals surface area contributed by atoms with E-state index >= 15 is 0 Å². The van der Waals surface area contributed by atoms with Gasteiger partial charge in [0.15, 0.2) is 0 Å². The summed E-state index contributed by atoms with van der Waals surface area (Å²) in [6, 6.07) is 8.65. The van der Waals surface area contributed by atoms with Crippen LogP contribution in [0.3, 0.4) is 0 Å². The lowest BCUT2D eigenvalue weighted by molar-refractivity contribution is -0.127. The maximum atomic E-state index is 13.4. The van der Waals surface area contributed by atoms with Crippen LogP contribution in [0.4, 0.5) is 10.3 Å². The molecule has 2 fully saturated rings. The lowest BCUT2D eigenvalue weighted by atomic mass is 9.95. The van der Waals surface area contributed by atoms with Crippen molar-refractivity contribution in [2.75, 3.05) is 31.1 Å². The predicted molar refractivity (Wildman–Crippen MR) is 110 cm³/mol. The average Bonchev–Trinajstić information content (AvgIpc) is 2.75. The number of carbonyl (C=O) groups is 1. The Balaban J connectivity index is 1.31. The molecule has 4 rings (SSSR count). The lowest BCUT2D eigenvalue weighted by Gasteiger charge is -2.36. The quantitative estimate of drug-likeness (QED) is 0.840. The fraction of sp³-hybridized carbons (Fsp3) is 0.500. The summed E-state index contributed by atoms with van der Waals surface area (Å²) >= 11 is 0. The molecule has 0 spiro atoms. The number of nitrogens with one attached hydrogen (secondary N) is 1. The molecule has 0 aliphatic carbocycles. The number of piperidine rings is 2. The van der Waals surface area contributed by atoms with Crippen molar-refractivity contribution in [3.05, 3.63) is 54.1 Å². The molecule has 29 heavy (non-hydrogen) atoms. The van der Waals surface area contributed by atoms with Crippen LogP contribution >= 0.6 is 0 Å². The number of rotatable bonds is 5. The smallest absolute Gasteiger partial charge is 0.225 e. The number of hydrogen-bond acceptors (Lipinski definition) is 5. The van der Waals surface area contributed by atoms with E-state index in [-0.39, 0.29) is 23.7 Å². The van der Waals surface area contributed by atoms with E-state index in [0.29, 0.717) is 6.54 Å². The predicted octanol–water partition coefficient (Wildman–Crippen LogP) is 2.61. The highest BCUT2D eigenvalue weighted by molar-refractivity contribution is 5.79. The molecule has 3 heterocycles. The third kappa shape index (κ3) is 5.29. The number of benzene rings is 1. The molecule has 2 aromatic rings. The van der Waals surface area contributed by atoms with Crippen molar-refractivity contribution in [3.8, 4) is 0 Å². The summed E-state index contributed by atoms with van der Waals surface area (Å²) in [6.07, 6.45) is 7.39. The Morgan fingerprint density at radius 3 is 2.76 bits per heavy atom. The number of hydrogen-bond donors (Lipinski definition) is 1. The third-order valence-corrected chi connectivity index (χ3v) is 5.77. The van der Waals surface area contributed by atoms with E-state index in [1.165, 1.54) is 6.07 Å². The summed E-state index contributed by atoms with van der Waals surface area (Å²) in [5.74, 6) is 0.638. The highest BCUT2D eigenvalue weighted by Gasteiger charge is 2.29. The van der Waals surface area contributed by atoms with Crippen LogP contribution in [0.2, 0.25) is 0 Å². The van der Waals surface area contributed by atoms with Crippen LogP contribution in [-0.4, -0.2) is 53.0 Å². The Hall–Kier alpha value is -2.54. The maximum absolute atomic E-state index is 13.4. The van der Waals surface area contributed by atoms with Gasteiger partial charge in [0, 0.05) is 44.6 Å². The third-order valence-electron chi connectivity index (χ3n) is 5.77. The minimum absolute atomic E-state index is 0.0133. The fourth-order valence-electron chi connectivity index (χ4n) is 4.36. The van der Waals surface area contributed by atoms with E-state index in [4.69, 9.17) is 0 Å². The molecule has 1 amide bonds. The molecule has 0 radical (unpaired) electrons. The SMILES string of the molecule is O=C(NC1CCCN(c2ncccn2)C1)C1CCCN(Cc2cccc(F)c2)C1. The number of anilines is 1. The highest BCUT2D eigenvalue weighted by atomic mass is 19.1. The van der Waals surface area contributed by atoms with Crippen LogP contribution in [0.1, 0.15) is 31.2 Å². The Labute approximate surface area is 171 Å². The molecule has 1 N–H and O–H groups in total. The molecule has 2 aliphatic heterocycles. The van der Waals surface area contributed by atoms with Gasteiger partial charge in [0.2, 0.25) is 11.9 Å². The molecule has 1 aromatic heterocycles. The molecule has 7 heteroatoms. The maximum Gasteiger partial charge on any atom is 0.225 e. The van der Waals surface area contributed by atoms with Crippen molar-refractivity contribution in [2.24, 2.45) is 5.92 Å². The molecule has 2 unspecified atom stereocenters. The first-order valence-electron chi connectivity index (χ1n) is 10.5. The molecule has 154 valence electrons. The first kappa shape index (κ1) is 19.8. The van der Waals surface area contributed by atoms with Crippen molar-refractivity contribution in [1.82, 2.24) is 20.2 Å². The zero-order valence-electron chi connectivity index (χ0n) is 16.6. The van der Waals surface area contributed by atoms with E-state index in [2.05, 4.69) is 25.1 Å². The normalized spacial score (nSPS) is 23.0. The average molecular weight is 397 g/mol. The Kier molecular flexibility index (Phi) is 6.34. The number of nitrogens with zero attached hydrogens (tertiary/aromatic N) is 4. The van der Waals surface area contributed by atoms with Gasteiger partial charge in [0.25, 0.3) is 0 Å². The molecule has 6 nitrogen and oxygen atoms in total. The minimum Gasteiger partial charge on any atom is -0.351 e. The number of halogens is 1. The van der Waals surface area contributed by atoms with Crippen LogP contribution in [0, 0.1) is 11.7 Å². The second-order valence-corrected chi connectivity index (χ2v) is 8.05. The second-order valence-electron chi connectivity index (χ2n) is 8.05. The number of amides is 1. The van der Waals surface area contributed by atoms with Crippen LogP contribution in [0.25, 0.3) is 0 Å². The Morgan fingerprint density at radius 2 is 1.93 bits per heavy atom. The number of aromatic nitrogens is 2. The van der Waals surface area contributed by atoms with Gasteiger partial charge in [-0.1, -0.05) is 12.1 Å². The number of likely N-dealkylation sites (tertiary alicyclic amines) is 1. The zero-order valence-corrected chi connectivity index (χ0v) is 16.6. The standard InChI is InChI=1S/C22H28FN5O/c23-19-7-1-5-17(13-19)14-27-11-2-6-18(15-27)21(29)26-20-8-3-12-28(16-20)22-24-9-4-10-25-22/h1,4-5,7,9-10,13,18,20H,2-3,6,8,11-12,14-16H2,(H,26,29). The van der Waals surface area contributed by atoms with Crippen molar-refractivity contribution >= 4 is 11.9 Å². The molecular formula is C22H28FN5O. The van der Waals surface area contributed by atoms with Crippen LogP contribution in [-0.2, 0) is 11.3 Å². The first-order chi connectivity index (χ1) is 14.2. The summed E-state index contributed by atoms with van der Waals surface area (Å²) < 4.78 is 13.4. The van der Waals surface area contributed by atoms with Gasteiger partial charge in [-0.15, -0.1) is 0 Å². The molecule has 0 saturated carbocycles. The lowest BCUT2D eigenvalue weighted by Crippen LogP contribution is -2.51. The highest BCUT2D eigenvalue weighted by Crippen LogP contribution is 2.21. The molecule has 2 atom stereocenters. The van der Waals surface area contributed by atoms with Gasteiger partial charge in [-0.2, -0.15) is 0 Å². The van der Waals surface area contributed by atoms with Crippen molar-refractivity contribution in [2.45, 2.75) is 38.3 Å². The van der Waals surface area contributed by atoms with E-state index < -0.39 is 0 Å². The van der Waals surface area contributed by atoms with Crippen LogP contribution in [0.5, 0.6) is 0 Å². The molecule has 2 saturated heterocycles. The van der Waals surface area contributed by atoms with E-state index in [1.54, 1.807) is 24.5 Å². The summed E-state index contributed by atoms with van der Waals surface area (Å²) in [5.41, 5.74) is 0.955. The van der Waals surface area contributed by atoms with Crippen molar-refractivity contribution in [1.29, 1.82) is 0 Å². The number of carbonyl (C=O) groups excluding carboxylic acids is 1. The van der Waals surface area contributed by atoms with E-state index in [1.807, 2.05) is 12.1 Å². The van der Waals surface area contributed by atoms with Crippen molar-refractivity contribution in [3.63, 3.8) is 0 Å². The summed E-state index contributed by atoms with van der Waals surface area (Å²) in [4.78, 5) is 26.0. The van der Waals surface area contributed by atoms with E-state index in [0.717, 1.165) is 63.4 Å². The van der Waals surface area contributed by atoms with Gasteiger partial charge in [-0.25, -0.2) is 14.4 Å². The first-order valence-corrected chi connectivity index (χ1v) is 10.5. The minimum atomic E-state index is -0.210. The molecule has 1 aromatic carbocycles. The van der Waals surface area contributed by atoms with E-state index in [9.17, 15) is 9.18 Å². The summed E-state index contributed by atoms with van der Waals surface area (Å²) in [5, 5.41) is 3.26. The topological polar surface area (TPSA) is 61.4 Å².